The Morgan fingerprint density at radius 3 is 2.90 bits per heavy atom. The summed E-state index contributed by atoms with van der Waals surface area (Å²) >= 11 is 6.15. The zero-order valence-electron chi connectivity index (χ0n) is 11.6. The van der Waals surface area contributed by atoms with E-state index in [1.165, 1.54) is 12.1 Å². The van der Waals surface area contributed by atoms with E-state index in [2.05, 4.69) is 15.1 Å². The van der Waals surface area contributed by atoms with Gasteiger partial charge in [0.15, 0.2) is 11.5 Å². The highest BCUT2D eigenvalue weighted by atomic mass is 35.5. The molecular weight excluding hydrogens is 293 g/mol. The number of nitrogens with zero attached hydrogens (tertiary/aromatic N) is 5. The van der Waals surface area contributed by atoms with E-state index in [1.807, 2.05) is 18.0 Å². The third-order valence-corrected chi connectivity index (χ3v) is 3.51. The number of fused-ring (bicyclic) bond motifs is 1. The molecule has 1 aromatic carbocycles. The van der Waals surface area contributed by atoms with Gasteiger partial charge >= 0.3 is 0 Å². The van der Waals surface area contributed by atoms with Crippen molar-refractivity contribution in [3.63, 3.8) is 0 Å². The molecule has 0 aliphatic carbocycles. The number of rotatable bonds is 3. The number of aromatic nitrogens is 4. The van der Waals surface area contributed by atoms with Crippen LogP contribution in [0.15, 0.2) is 30.5 Å². The third-order valence-electron chi connectivity index (χ3n) is 3.22. The molecule has 3 rings (SSSR count). The van der Waals surface area contributed by atoms with Gasteiger partial charge < -0.3 is 4.90 Å². The summed E-state index contributed by atoms with van der Waals surface area (Å²) in [5, 5.41) is 5.20. The van der Waals surface area contributed by atoms with Crippen LogP contribution in [0, 0.1) is 5.82 Å². The molecule has 5 nitrogen and oxygen atoms in total. The van der Waals surface area contributed by atoms with Gasteiger partial charge in [-0.05, 0) is 18.2 Å². The Morgan fingerprint density at radius 1 is 1.33 bits per heavy atom. The summed E-state index contributed by atoms with van der Waals surface area (Å²) in [6.45, 7) is 0.421. The van der Waals surface area contributed by atoms with E-state index in [9.17, 15) is 4.39 Å². The Morgan fingerprint density at radius 2 is 2.14 bits per heavy atom. The fourth-order valence-corrected chi connectivity index (χ4v) is 2.35. The van der Waals surface area contributed by atoms with Crippen molar-refractivity contribution in [2.75, 3.05) is 11.9 Å². The first-order valence-corrected chi connectivity index (χ1v) is 6.73. The highest BCUT2D eigenvalue weighted by Crippen LogP contribution is 2.21. The molecule has 0 fully saturated rings. The molecule has 0 saturated carbocycles. The van der Waals surface area contributed by atoms with E-state index in [-0.39, 0.29) is 5.82 Å². The highest BCUT2D eigenvalue weighted by molar-refractivity contribution is 6.33. The maximum atomic E-state index is 13.3. The fourth-order valence-electron chi connectivity index (χ4n) is 2.12. The van der Waals surface area contributed by atoms with Crippen molar-refractivity contribution in [1.82, 2.24) is 19.7 Å². The molecular formula is C14H13ClFN5. The lowest BCUT2D eigenvalue weighted by atomic mass is 10.3. The SMILES string of the molecule is CN(Cc1nc(Cl)c2cnn(C)c2n1)c1cccc(F)c1. The van der Waals surface area contributed by atoms with Crippen LogP contribution in [0.2, 0.25) is 5.15 Å². The number of hydrogen-bond donors (Lipinski definition) is 0. The summed E-state index contributed by atoms with van der Waals surface area (Å²) in [5.74, 6) is 0.281. The summed E-state index contributed by atoms with van der Waals surface area (Å²) in [4.78, 5) is 10.6. The number of aryl methyl sites for hydroxylation is 1. The van der Waals surface area contributed by atoms with Crippen LogP contribution in [0.3, 0.4) is 0 Å². The Hall–Kier alpha value is -2.21. The van der Waals surface area contributed by atoms with Gasteiger partial charge in [0, 0.05) is 19.8 Å². The summed E-state index contributed by atoms with van der Waals surface area (Å²) in [6, 6.07) is 6.36. The summed E-state index contributed by atoms with van der Waals surface area (Å²) in [7, 11) is 3.64. The van der Waals surface area contributed by atoms with Gasteiger partial charge in [0.2, 0.25) is 0 Å². The van der Waals surface area contributed by atoms with Gasteiger partial charge in [-0.25, -0.2) is 14.4 Å². The normalized spacial score (nSPS) is 11.0. The molecule has 2 heterocycles. The average molecular weight is 306 g/mol. The lowest BCUT2D eigenvalue weighted by molar-refractivity contribution is 0.627. The molecule has 0 aliphatic rings. The predicted molar refractivity (Wildman–Crippen MR) is 79.8 cm³/mol. The van der Waals surface area contributed by atoms with Crippen LogP contribution in [-0.4, -0.2) is 26.8 Å². The van der Waals surface area contributed by atoms with Gasteiger partial charge in [-0.2, -0.15) is 5.10 Å². The Bertz CT molecular complexity index is 801. The minimum Gasteiger partial charge on any atom is -0.367 e. The van der Waals surface area contributed by atoms with Crippen LogP contribution in [-0.2, 0) is 13.6 Å². The molecule has 108 valence electrons. The van der Waals surface area contributed by atoms with Crippen LogP contribution >= 0.6 is 11.6 Å². The van der Waals surface area contributed by atoms with Crippen molar-refractivity contribution in [2.45, 2.75) is 6.54 Å². The number of benzene rings is 1. The quantitative estimate of drug-likeness (QED) is 0.698. The first kappa shape index (κ1) is 13.8. The Kier molecular flexibility index (Phi) is 3.47. The van der Waals surface area contributed by atoms with Gasteiger partial charge in [-0.15, -0.1) is 0 Å². The number of anilines is 1. The number of halogens is 2. The molecule has 0 bridgehead atoms. The van der Waals surface area contributed by atoms with Crippen molar-refractivity contribution in [1.29, 1.82) is 0 Å². The molecule has 3 aromatic rings. The van der Waals surface area contributed by atoms with Gasteiger partial charge in [0.05, 0.1) is 18.1 Å². The fraction of sp³-hybridized carbons (Fsp3) is 0.214. The molecule has 0 unspecified atom stereocenters. The molecule has 0 amide bonds. The van der Waals surface area contributed by atoms with Crippen LogP contribution < -0.4 is 4.90 Å². The van der Waals surface area contributed by atoms with E-state index in [1.54, 1.807) is 24.0 Å². The maximum absolute atomic E-state index is 13.3. The molecule has 7 heteroatoms. The van der Waals surface area contributed by atoms with E-state index < -0.39 is 0 Å². The summed E-state index contributed by atoms with van der Waals surface area (Å²) < 4.78 is 14.9. The highest BCUT2D eigenvalue weighted by Gasteiger charge is 2.12. The van der Waals surface area contributed by atoms with Gasteiger partial charge in [0.25, 0.3) is 0 Å². The lowest BCUT2D eigenvalue weighted by Crippen LogP contribution is -2.18. The molecule has 0 spiro atoms. The Labute approximate surface area is 126 Å². The van der Waals surface area contributed by atoms with Crippen LogP contribution in [0.1, 0.15) is 5.82 Å². The largest absolute Gasteiger partial charge is 0.367 e. The summed E-state index contributed by atoms with van der Waals surface area (Å²) in [6.07, 6.45) is 1.64. The second-order valence-electron chi connectivity index (χ2n) is 4.77. The van der Waals surface area contributed by atoms with Crippen LogP contribution in [0.4, 0.5) is 10.1 Å². The van der Waals surface area contributed by atoms with E-state index >= 15 is 0 Å². The van der Waals surface area contributed by atoms with Gasteiger partial charge in [0.1, 0.15) is 11.0 Å². The van der Waals surface area contributed by atoms with Gasteiger partial charge in [-0.1, -0.05) is 17.7 Å². The average Bonchev–Trinajstić information content (AvgIpc) is 2.81. The van der Waals surface area contributed by atoms with Crippen molar-refractivity contribution >= 4 is 28.3 Å². The van der Waals surface area contributed by atoms with Gasteiger partial charge in [-0.3, -0.25) is 4.68 Å². The smallest absolute Gasteiger partial charge is 0.162 e. The molecule has 0 aliphatic heterocycles. The second-order valence-corrected chi connectivity index (χ2v) is 5.13. The zero-order valence-corrected chi connectivity index (χ0v) is 12.3. The molecule has 0 N–H and O–H groups in total. The monoisotopic (exact) mass is 305 g/mol. The molecule has 0 saturated heterocycles. The zero-order chi connectivity index (χ0) is 15.0. The van der Waals surface area contributed by atoms with Crippen LogP contribution in [0.25, 0.3) is 11.0 Å². The lowest BCUT2D eigenvalue weighted by Gasteiger charge is -2.18. The molecule has 21 heavy (non-hydrogen) atoms. The minimum absolute atomic E-state index is 0.277. The minimum atomic E-state index is -0.277. The van der Waals surface area contributed by atoms with Crippen molar-refractivity contribution in [2.24, 2.45) is 7.05 Å². The number of hydrogen-bond acceptors (Lipinski definition) is 4. The third kappa shape index (κ3) is 2.67. The van der Waals surface area contributed by atoms with Crippen molar-refractivity contribution in [3.05, 3.63) is 47.3 Å². The first-order valence-electron chi connectivity index (χ1n) is 6.35. The first-order chi connectivity index (χ1) is 10.0. The van der Waals surface area contributed by atoms with Crippen molar-refractivity contribution in [3.8, 4) is 0 Å². The predicted octanol–water partition coefficient (Wildman–Crippen LogP) is 2.79. The summed E-state index contributed by atoms with van der Waals surface area (Å²) in [5.41, 5.74) is 1.43. The second kappa shape index (κ2) is 5.29. The van der Waals surface area contributed by atoms with Crippen molar-refractivity contribution < 1.29 is 4.39 Å². The molecule has 0 radical (unpaired) electrons. The van der Waals surface area contributed by atoms with Crippen LogP contribution in [0.5, 0.6) is 0 Å². The standard InChI is InChI=1S/C14H13ClFN5/c1-20(10-5-3-4-9(16)6-10)8-12-18-13(15)11-7-17-21(2)14(11)19-12/h3-7H,8H2,1-2H3. The van der Waals surface area contributed by atoms with E-state index in [0.717, 1.165) is 11.1 Å². The molecule has 2 aromatic heterocycles. The van der Waals surface area contributed by atoms with E-state index in [4.69, 9.17) is 11.6 Å². The maximum Gasteiger partial charge on any atom is 0.162 e. The van der Waals surface area contributed by atoms with E-state index in [0.29, 0.717) is 23.2 Å². The topological polar surface area (TPSA) is 46.8 Å². The Balaban J connectivity index is 1.92. The molecule has 0 atom stereocenters.